The van der Waals surface area contributed by atoms with E-state index in [0.717, 1.165) is 0 Å². The summed E-state index contributed by atoms with van der Waals surface area (Å²) in [6, 6.07) is 4.99. The van der Waals surface area contributed by atoms with Crippen molar-refractivity contribution in [3.63, 3.8) is 0 Å². The van der Waals surface area contributed by atoms with Crippen LogP contribution in [0.2, 0.25) is 0 Å². The maximum absolute atomic E-state index is 10.9. The van der Waals surface area contributed by atoms with Crippen LogP contribution >= 0.6 is 0 Å². The number of nitrogens with zero attached hydrogens (tertiary/aromatic N) is 3. The van der Waals surface area contributed by atoms with Gasteiger partial charge in [0, 0.05) is 6.20 Å². The number of rotatable bonds is 3. The molecule has 0 aliphatic carbocycles. The van der Waals surface area contributed by atoms with Crippen molar-refractivity contribution >= 4 is 5.91 Å². The quantitative estimate of drug-likeness (QED) is 0.801. The Morgan fingerprint density at radius 3 is 2.71 bits per heavy atom. The number of carbonyl (C=O) groups is 1. The SMILES string of the molecule is C[C@H](O)c1ccc(-n2ccc(C(N)=O)n2)cn1. The number of amides is 1. The predicted octanol–water partition coefficient (Wildman–Crippen LogP) is 0.420. The van der Waals surface area contributed by atoms with E-state index < -0.39 is 12.0 Å². The van der Waals surface area contributed by atoms with Crippen LogP contribution in [0.4, 0.5) is 0 Å². The van der Waals surface area contributed by atoms with Crippen molar-refractivity contribution in [2.24, 2.45) is 5.73 Å². The first kappa shape index (κ1) is 11.3. The van der Waals surface area contributed by atoms with Gasteiger partial charge < -0.3 is 10.8 Å². The first-order chi connectivity index (χ1) is 8.08. The van der Waals surface area contributed by atoms with Crippen LogP contribution in [0, 0.1) is 0 Å². The molecule has 0 aromatic carbocycles. The van der Waals surface area contributed by atoms with E-state index in [9.17, 15) is 9.90 Å². The van der Waals surface area contributed by atoms with E-state index in [-0.39, 0.29) is 5.69 Å². The van der Waals surface area contributed by atoms with Crippen LogP contribution in [0.25, 0.3) is 5.69 Å². The highest BCUT2D eigenvalue weighted by atomic mass is 16.3. The molecule has 6 heteroatoms. The Kier molecular flexibility index (Phi) is 2.88. The van der Waals surface area contributed by atoms with Gasteiger partial charge in [0.25, 0.3) is 5.91 Å². The van der Waals surface area contributed by atoms with Gasteiger partial charge >= 0.3 is 0 Å². The fourth-order valence-corrected chi connectivity index (χ4v) is 1.38. The van der Waals surface area contributed by atoms with Gasteiger partial charge in [-0.25, -0.2) is 4.68 Å². The molecule has 0 radical (unpaired) electrons. The maximum Gasteiger partial charge on any atom is 0.269 e. The molecule has 88 valence electrons. The number of aliphatic hydroxyl groups is 1. The Morgan fingerprint density at radius 1 is 1.47 bits per heavy atom. The Morgan fingerprint density at radius 2 is 2.24 bits per heavy atom. The van der Waals surface area contributed by atoms with Gasteiger partial charge in [0.05, 0.1) is 23.7 Å². The van der Waals surface area contributed by atoms with Crippen LogP contribution in [-0.4, -0.2) is 25.8 Å². The second-order valence-electron chi connectivity index (χ2n) is 3.63. The molecule has 0 aliphatic heterocycles. The summed E-state index contributed by atoms with van der Waals surface area (Å²) >= 11 is 0. The summed E-state index contributed by atoms with van der Waals surface area (Å²) < 4.78 is 1.50. The lowest BCUT2D eigenvalue weighted by atomic mass is 10.2. The zero-order valence-electron chi connectivity index (χ0n) is 9.24. The Bertz CT molecular complexity index is 531. The number of pyridine rings is 1. The highest BCUT2D eigenvalue weighted by Crippen LogP contribution is 2.11. The molecule has 0 unspecified atom stereocenters. The minimum absolute atomic E-state index is 0.199. The molecule has 0 saturated carbocycles. The van der Waals surface area contributed by atoms with E-state index in [2.05, 4.69) is 10.1 Å². The fourth-order valence-electron chi connectivity index (χ4n) is 1.38. The van der Waals surface area contributed by atoms with Crippen LogP contribution in [0.5, 0.6) is 0 Å². The van der Waals surface area contributed by atoms with Crippen LogP contribution in [-0.2, 0) is 0 Å². The van der Waals surface area contributed by atoms with E-state index in [1.807, 2.05) is 0 Å². The van der Waals surface area contributed by atoms with Crippen LogP contribution < -0.4 is 5.73 Å². The molecule has 0 bridgehead atoms. The average Bonchev–Trinajstić information content (AvgIpc) is 2.78. The van der Waals surface area contributed by atoms with Crippen molar-refractivity contribution in [1.29, 1.82) is 0 Å². The summed E-state index contributed by atoms with van der Waals surface area (Å²) in [7, 11) is 0. The fraction of sp³-hybridized carbons (Fsp3) is 0.182. The number of hydrogen-bond donors (Lipinski definition) is 2. The summed E-state index contributed by atoms with van der Waals surface area (Å²) in [5, 5.41) is 13.3. The zero-order chi connectivity index (χ0) is 12.4. The molecule has 2 heterocycles. The van der Waals surface area contributed by atoms with Gasteiger partial charge in [0.15, 0.2) is 0 Å². The molecule has 0 spiro atoms. The lowest BCUT2D eigenvalue weighted by molar-refractivity contribution is 0.0995. The molecule has 0 fully saturated rings. The van der Waals surface area contributed by atoms with Crippen molar-refractivity contribution in [2.75, 3.05) is 0 Å². The molecule has 3 N–H and O–H groups in total. The van der Waals surface area contributed by atoms with E-state index in [1.165, 1.54) is 10.7 Å². The molecule has 1 atom stereocenters. The molecular weight excluding hydrogens is 220 g/mol. The third-order valence-electron chi connectivity index (χ3n) is 2.30. The number of hydrogen-bond acceptors (Lipinski definition) is 4. The summed E-state index contributed by atoms with van der Waals surface area (Å²) in [6.45, 7) is 1.64. The summed E-state index contributed by atoms with van der Waals surface area (Å²) in [4.78, 5) is 15.0. The predicted molar refractivity (Wildman–Crippen MR) is 60.5 cm³/mol. The van der Waals surface area contributed by atoms with Crippen LogP contribution in [0.15, 0.2) is 30.6 Å². The molecule has 1 amide bonds. The molecule has 2 aromatic heterocycles. The number of primary amides is 1. The van der Waals surface area contributed by atoms with Crippen molar-refractivity contribution in [1.82, 2.24) is 14.8 Å². The Labute approximate surface area is 97.7 Å². The minimum Gasteiger partial charge on any atom is -0.387 e. The summed E-state index contributed by atoms with van der Waals surface area (Å²) in [5.41, 5.74) is 6.58. The first-order valence-electron chi connectivity index (χ1n) is 5.08. The second-order valence-corrected chi connectivity index (χ2v) is 3.63. The Balaban J connectivity index is 2.30. The van der Waals surface area contributed by atoms with Crippen molar-refractivity contribution < 1.29 is 9.90 Å². The molecule has 2 aromatic rings. The number of carbonyl (C=O) groups excluding carboxylic acids is 1. The topological polar surface area (TPSA) is 94.0 Å². The molecule has 2 rings (SSSR count). The monoisotopic (exact) mass is 232 g/mol. The van der Waals surface area contributed by atoms with Gasteiger partial charge in [-0.3, -0.25) is 9.78 Å². The number of aliphatic hydroxyl groups excluding tert-OH is 1. The van der Waals surface area contributed by atoms with E-state index >= 15 is 0 Å². The van der Waals surface area contributed by atoms with Gasteiger partial charge in [-0.1, -0.05) is 0 Å². The normalized spacial score (nSPS) is 12.4. The van der Waals surface area contributed by atoms with Gasteiger partial charge in [-0.15, -0.1) is 0 Å². The van der Waals surface area contributed by atoms with Crippen molar-refractivity contribution in [3.8, 4) is 5.69 Å². The van der Waals surface area contributed by atoms with Gasteiger partial charge in [0.1, 0.15) is 5.69 Å². The van der Waals surface area contributed by atoms with Gasteiger partial charge in [0.2, 0.25) is 0 Å². The Hall–Kier alpha value is -2.21. The maximum atomic E-state index is 10.9. The molecule has 0 saturated heterocycles. The average molecular weight is 232 g/mol. The summed E-state index contributed by atoms with van der Waals surface area (Å²) in [5.74, 6) is -0.572. The zero-order valence-corrected chi connectivity index (χ0v) is 9.24. The van der Waals surface area contributed by atoms with E-state index in [1.54, 1.807) is 31.5 Å². The molecule has 17 heavy (non-hydrogen) atoms. The van der Waals surface area contributed by atoms with Crippen LogP contribution in [0.1, 0.15) is 29.2 Å². The smallest absolute Gasteiger partial charge is 0.269 e. The highest BCUT2D eigenvalue weighted by molar-refractivity contribution is 5.90. The van der Waals surface area contributed by atoms with Crippen molar-refractivity contribution in [2.45, 2.75) is 13.0 Å². The summed E-state index contributed by atoms with van der Waals surface area (Å²) in [6.07, 6.45) is 2.58. The van der Waals surface area contributed by atoms with Gasteiger partial charge in [-0.05, 0) is 25.1 Å². The third-order valence-corrected chi connectivity index (χ3v) is 2.30. The second kappa shape index (κ2) is 4.34. The van der Waals surface area contributed by atoms with E-state index in [4.69, 9.17) is 5.73 Å². The van der Waals surface area contributed by atoms with Gasteiger partial charge in [-0.2, -0.15) is 5.10 Å². The minimum atomic E-state index is -0.608. The molecular formula is C11H12N4O2. The van der Waals surface area contributed by atoms with Crippen LogP contribution in [0.3, 0.4) is 0 Å². The number of nitrogens with two attached hydrogens (primary N) is 1. The lowest BCUT2D eigenvalue weighted by Crippen LogP contribution is -2.12. The number of aromatic nitrogens is 3. The largest absolute Gasteiger partial charge is 0.387 e. The molecule has 0 aliphatic rings. The lowest BCUT2D eigenvalue weighted by Gasteiger charge is -2.05. The highest BCUT2D eigenvalue weighted by Gasteiger charge is 2.07. The van der Waals surface area contributed by atoms with E-state index in [0.29, 0.717) is 11.4 Å². The standard InChI is InChI=1S/C11H12N4O2/c1-7(16)9-3-2-8(6-13-9)15-5-4-10(14-15)11(12)17/h2-7,16H,1H3,(H2,12,17)/t7-/m0/s1. The molecule has 6 nitrogen and oxygen atoms in total. The van der Waals surface area contributed by atoms with Crippen molar-refractivity contribution in [3.05, 3.63) is 42.0 Å². The first-order valence-corrected chi connectivity index (χ1v) is 5.08. The third kappa shape index (κ3) is 2.31.